The lowest BCUT2D eigenvalue weighted by Crippen LogP contribution is -2.39. The quantitative estimate of drug-likeness (QED) is 0.103. The Labute approximate surface area is 278 Å². The molecule has 0 amide bonds. The first-order valence-corrected chi connectivity index (χ1v) is 16.0. The molecule has 0 fully saturated rings. The van der Waals surface area contributed by atoms with Crippen molar-refractivity contribution in [3.05, 3.63) is 179 Å². The maximum Gasteiger partial charge on any atom is 0.176 e. The van der Waals surface area contributed by atoms with Crippen molar-refractivity contribution in [3.8, 4) is 0 Å². The van der Waals surface area contributed by atoms with Crippen molar-refractivity contribution in [2.75, 3.05) is 0 Å². The second-order valence-electron chi connectivity index (χ2n) is 12.7. The fourth-order valence-electron chi connectivity index (χ4n) is 6.01. The zero-order valence-electron chi connectivity index (χ0n) is 27.6. The summed E-state index contributed by atoms with van der Waals surface area (Å²) in [4.78, 5) is 52.5. The topological polar surface area (TPSA) is 68.3 Å². The first kappa shape index (κ1) is 34.6. The molecule has 0 unspecified atom stereocenters. The van der Waals surface area contributed by atoms with Crippen LogP contribution in [-0.2, 0) is 6.42 Å². The lowest BCUT2D eigenvalue weighted by atomic mass is 9.71. The third-order valence-corrected chi connectivity index (χ3v) is 8.37. The molecule has 0 saturated heterocycles. The third-order valence-electron chi connectivity index (χ3n) is 8.37. The maximum absolute atomic E-state index is 13.3. The van der Waals surface area contributed by atoms with Gasteiger partial charge in [0.25, 0.3) is 0 Å². The van der Waals surface area contributed by atoms with Crippen molar-refractivity contribution in [2.24, 2.45) is 16.7 Å². The van der Waals surface area contributed by atoms with E-state index in [0.717, 1.165) is 5.56 Å². The third kappa shape index (κ3) is 8.53. The van der Waals surface area contributed by atoms with E-state index in [0.29, 0.717) is 35.1 Å². The molecule has 5 rings (SSSR count). The molecule has 0 radical (unpaired) electrons. The maximum atomic E-state index is 13.3. The SMILES string of the molecule is CC(C)CC(C)(C(=O)c1ccccc1)C(=O)c1ccccc1.CC(Cc1ccccc1)(C(=O)c1ccccc1)C(=O)c1ccccc1. The molecular formula is C43H42O4. The van der Waals surface area contributed by atoms with Crippen LogP contribution in [0.1, 0.15) is 81.1 Å². The van der Waals surface area contributed by atoms with E-state index in [2.05, 4.69) is 0 Å². The highest BCUT2D eigenvalue weighted by Gasteiger charge is 2.43. The lowest BCUT2D eigenvalue weighted by Gasteiger charge is -2.28. The minimum atomic E-state index is -1.15. The smallest absolute Gasteiger partial charge is 0.176 e. The summed E-state index contributed by atoms with van der Waals surface area (Å²) in [5, 5.41) is 0. The Morgan fingerprint density at radius 1 is 0.426 bits per heavy atom. The number of hydrogen-bond acceptors (Lipinski definition) is 4. The molecule has 0 saturated carbocycles. The largest absolute Gasteiger partial charge is 0.293 e. The lowest BCUT2D eigenvalue weighted by molar-refractivity contribution is 0.0648. The molecule has 0 bridgehead atoms. The van der Waals surface area contributed by atoms with Crippen molar-refractivity contribution in [3.63, 3.8) is 0 Å². The van der Waals surface area contributed by atoms with Crippen LogP contribution >= 0.6 is 0 Å². The van der Waals surface area contributed by atoms with Gasteiger partial charge in [0.15, 0.2) is 23.1 Å². The van der Waals surface area contributed by atoms with Gasteiger partial charge in [-0.3, -0.25) is 19.2 Å². The van der Waals surface area contributed by atoms with Crippen LogP contribution in [-0.4, -0.2) is 23.1 Å². The van der Waals surface area contributed by atoms with Crippen LogP contribution in [0.2, 0.25) is 0 Å². The van der Waals surface area contributed by atoms with Gasteiger partial charge in [-0.05, 0) is 38.2 Å². The van der Waals surface area contributed by atoms with Crippen LogP contribution in [0.15, 0.2) is 152 Å². The Hall–Kier alpha value is -5.22. The molecule has 238 valence electrons. The summed E-state index contributed by atoms with van der Waals surface area (Å²) >= 11 is 0. The van der Waals surface area contributed by atoms with Gasteiger partial charge in [-0.2, -0.15) is 0 Å². The molecule has 0 N–H and O–H groups in total. The molecule has 0 spiro atoms. The highest BCUT2D eigenvalue weighted by atomic mass is 16.2. The average Bonchev–Trinajstić information content (AvgIpc) is 3.12. The number of carbonyl (C=O) groups is 4. The summed E-state index contributed by atoms with van der Waals surface area (Å²) in [6, 6.07) is 45.9. The van der Waals surface area contributed by atoms with Crippen LogP contribution in [0.4, 0.5) is 0 Å². The molecule has 4 heteroatoms. The van der Waals surface area contributed by atoms with Gasteiger partial charge in [-0.15, -0.1) is 0 Å². The molecule has 0 aliphatic heterocycles. The molecule has 0 aliphatic rings. The summed E-state index contributed by atoms with van der Waals surface area (Å²) in [6.45, 7) is 7.60. The monoisotopic (exact) mass is 622 g/mol. The molecule has 0 aromatic heterocycles. The number of benzene rings is 5. The van der Waals surface area contributed by atoms with E-state index in [1.54, 1.807) is 62.4 Å². The number of ketones is 4. The summed E-state index contributed by atoms with van der Waals surface area (Å²) in [5.74, 6) is -0.242. The Morgan fingerprint density at radius 2 is 0.681 bits per heavy atom. The molecule has 47 heavy (non-hydrogen) atoms. The van der Waals surface area contributed by atoms with E-state index in [1.165, 1.54) is 0 Å². The van der Waals surface area contributed by atoms with Crippen molar-refractivity contribution in [1.29, 1.82) is 0 Å². The highest BCUT2D eigenvalue weighted by molar-refractivity contribution is 6.20. The second-order valence-corrected chi connectivity index (χ2v) is 12.7. The second kappa shape index (κ2) is 15.9. The fourth-order valence-corrected chi connectivity index (χ4v) is 6.01. The molecule has 0 aliphatic carbocycles. The van der Waals surface area contributed by atoms with Crippen molar-refractivity contribution >= 4 is 23.1 Å². The van der Waals surface area contributed by atoms with Gasteiger partial charge in [-0.25, -0.2) is 0 Å². The predicted molar refractivity (Wildman–Crippen MR) is 189 cm³/mol. The van der Waals surface area contributed by atoms with E-state index >= 15 is 0 Å². The van der Waals surface area contributed by atoms with Crippen LogP contribution < -0.4 is 0 Å². The zero-order valence-corrected chi connectivity index (χ0v) is 27.6. The van der Waals surface area contributed by atoms with E-state index in [-0.39, 0.29) is 29.1 Å². The van der Waals surface area contributed by atoms with Gasteiger partial charge in [-0.1, -0.05) is 166 Å². The van der Waals surface area contributed by atoms with Crippen molar-refractivity contribution in [1.82, 2.24) is 0 Å². The molecule has 0 heterocycles. The van der Waals surface area contributed by atoms with Crippen molar-refractivity contribution < 1.29 is 19.2 Å². The van der Waals surface area contributed by atoms with Gasteiger partial charge >= 0.3 is 0 Å². The number of Topliss-reactive ketones (excluding diaryl/α,β-unsaturated/α-hetero) is 4. The van der Waals surface area contributed by atoms with Crippen LogP contribution in [0.5, 0.6) is 0 Å². The average molecular weight is 623 g/mol. The minimum Gasteiger partial charge on any atom is -0.293 e. The van der Waals surface area contributed by atoms with Crippen LogP contribution in [0, 0.1) is 16.7 Å². The normalized spacial score (nSPS) is 11.3. The molecule has 5 aromatic carbocycles. The van der Waals surface area contributed by atoms with Gasteiger partial charge < -0.3 is 0 Å². The van der Waals surface area contributed by atoms with E-state index in [9.17, 15) is 19.2 Å². The van der Waals surface area contributed by atoms with Crippen LogP contribution in [0.25, 0.3) is 0 Å². The molecular weight excluding hydrogens is 580 g/mol. The van der Waals surface area contributed by atoms with E-state index in [4.69, 9.17) is 0 Å². The first-order valence-electron chi connectivity index (χ1n) is 16.0. The Balaban J connectivity index is 0.000000215. The number of rotatable bonds is 12. The standard InChI is InChI=1S/C23H20O2.C20H22O2/c1-23(17-18-11-5-2-6-12-18,21(24)19-13-7-3-8-14-19)22(25)20-15-9-4-10-16-20;1-15(2)14-20(3,18(21)16-10-6-4-7-11-16)19(22)17-12-8-5-9-13-17/h2-16H,17H2,1H3;4-13,15H,14H2,1-3H3. The Kier molecular flexibility index (Phi) is 11.7. The molecule has 5 aromatic rings. The van der Waals surface area contributed by atoms with E-state index < -0.39 is 10.8 Å². The number of hydrogen-bond donors (Lipinski definition) is 0. The summed E-state index contributed by atoms with van der Waals surface area (Å²) in [6.07, 6.45) is 0.906. The van der Waals surface area contributed by atoms with E-state index in [1.807, 2.05) is 117 Å². The summed E-state index contributed by atoms with van der Waals surface area (Å²) < 4.78 is 0. The van der Waals surface area contributed by atoms with Crippen molar-refractivity contribution in [2.45, 2.75) is 40.5 Å². The van der Waals surface area contributed by atoms with Gasteiger partial charge in [0, 0.05) is 22.3 Å². The first-order chi connectivity index (χ1) is 22.6. The number of carbonyl (C=O) groups excluding carboxylic acids is 4. The molecule has 4 nitrogen and oxygen atoms in total. The van der Waals surface area contributed by atoms with Gasteiger partial charge in [0.2, 0.25) is 0 Å². The van der Waals surface area contributed by atoms with Gasteiger partial charge in [0.1, 0.15) is 0 Å². The van der Waals surface area contributed by atoms with Crippen LogP contribution in [0.3, 0.4) is 0 Å². The zero-order chi connectivity index (χ0) is 33.9. The molecule has 0 atom stereocenters. The summed E-state index contributed by atoms with van der Waals surface area (Å²) in [5.41, 5.74) is 1.10. The van der Waals surface area contributed by atoms with Gasteiger partial charge in [0.05, 0.1) is 10.8 Å². The Morgan fingerprint density at radius 3 is 0.957 bits per heavy atom. The Bertz CT molecular complexity index is 1660. The fraction of sp³-hybridized carbons (Fsp3) is 0.209. The minimum absolute atomic E-state index is 0.101. The predicted octanol–water partition coefficient (Wildman–Crippen LogP) is 9.81. The highest BCUT2D eigenvalue weighted by Crippen LogP contribution is 2.35. The summed E-state index contributed by atoms with van der Waals surface area (Å²) in [7, 11) is 0.